The minimum absolute atomic E-state index is 0.245. The highest BCUT2D eigenvalue weighted by Gasteiger charge is 2.16. The molecule has 16 heavy (non-hydrogen) atoms. The molecule has 0 heterocycles. The van der Waals surface area contributed by atoms with Gasteiger partial charge in [0.05, 0.1) is 11.4 Å². The lowest BCUT2D eigenvalue weighted by molar-refractivity contribution is 0.419. The van der Waals surface area contributed by atoms with Crippen LogP contribution in [-0.2, 0) is 0 Å². The molecule has 0 saturated heterocycles. The Bertz CT molecular complexity index is 380. The summed E-state index contributed by atoms with van der Waals surface area (Å²) in [6.45, 7) is 9.59. The van der Waals surface area contributed by atoms with E-state index in [1.54, 1.807) is 0 Å². The van der Waals surface area contributed by atoms with Crippen molar-refractivity contribution >= 4 is 23.0 Å². The zero-order valence-electron chi connectivity index (χ0n) is 10.8. The van der Waals surface area contributed by atoms with E-state index in [0.29, 0.717) is 0 Å². The van der Waals surface area contributed by atoms with Crippen molar-refractivity contribution in [2.24, 2.45) is 5.41 Å². The van der Waals surface area contributed by atoms with Gasteiger partial charge < -0.3 is 10.6 Å². The lowest BCUT2D eigenvalue weighted by atomic mass is 9.96. The van der Waals surface area contributed by atoms with Crippen LogP contribution < -0.4 is 10.6 Å². The number of hydrogen-bond donors (Lipinski definition) is 1. The molecule has 0 fully saturated rings. The molecule has 1 rings (SSSR count). The van der Waals surface area contributed by atoms with Gasteiger partial charge in [-0.2, -0.15) is 0 Å². The maximum atomic E-state index is 6.03. The average molecular weight is 241 g/mol. The fourth-order valence-electron chi connectivity index (χ4n) is 1.81. The number of nitrogens with zero attached hydrogens (tertiary/aromatic N) is 1. The molecule has 0 aliphatic rings. The van der Waals surface area contributed by atoms with Crippen LogP contribution in [0.15, 0.2) is 12.1 Å². The molecule has 0 radical (unpaired) electrons. The summed E-state index contributed by atoms with van der Waals surface area (Å²) in [7, 11) is 2.06. The molecule has 1 aromatic carbocycles. The van der Waals surface area contributed by atoms with E-state index in [0.717, 1.165) is 28.5 Å². The predicted octanol–water partition coefficient (Wildman–Crippen LogP) is 3.71. The van der Waals surface area contributed by atoms with E-state index in [2.05, 4.69) is 32.7 Å². The second kappa shape index (κ2) is 4.54. The Kier molecular flexibility index (Phi) is 3.74. The Labute approximate surface area is 103 Å². The summed E-state index contributed by atoms with van der Waals surface area (Å²) < 4.78 is 0. The maximum Gasteiger partial charge on any atom is 0.0601 e. The van der Waals surface area contributed by atoms with Gasteiger partial charge in [0.15, 0.2) is 0 Å². The molecule has 90 valence electrons. The van der Waals surface area contributed by atoms with Crippen LogP contribution in [0.5, 0.6) is 0 Å². The number of nitrogens with two attached hydrogens (primary N) is 1. The Morgan fingerprint density at radius 1 is 1.31 bits per heavy atom. The van der Waals surface area contributed by atoms with E-state index in [1.807, 2.05) is 19.1 Å². The minimum atomic E-state index is 0.245. The van der Waals surface area contributed by atoms with Crippen LogP contribution in [0.25, 0.3) is 0 Å². The fourth-order valence-corrected chi connectivity index (χ4v) is 1.98. The van der Waals surface area contributed by atoms with Crippen molar-refractivity contribution in [1.29, 1.82) is 0 Å². The second-order valence-electron chi connectivity index (χ2n) is 5.58. The molecule has 0 bridgehead atoms. The van der Waals surface area contributed by atoms with Crippen molar-refractivity contribution in [1.82, 2.24) is 0 Å². The Morgan fingerprint density at radius 2 is 1.88 bits per heavy atom. The van der Waals surface area contributed by atoms with Crippen LogP contribution in [0, 0.1) is 12.3 Å². The van der Waals surface area contributed by atoms with Gasteiger partial charge in [-0.25, -0.2) is 0 Å². The van der Waals surface area contributed by atoms with Crippen molar-refractivity contribution < 1.29 is 0 Å². The van der Waals surface area contributed by atoms with Gasteiger partial charge in [0, 0.05) is 18.6 Å². The van der Waals surface area contributed by atoms with Crippen molar-refractivity contribution in [2.45, 2.75) is 27.7 Å². The largest absolute Gasteiger partial charge is 0.397 e. The number of anilines is 2. The average Bonchev–Trinajstić information content (AvgIpc) is 2.08. The molecule has 0 atom stereocenters. The molecule has 0 aliphatic carbocycles. The monoisotopic (exact) mass is 240 g/mol. The number of nitrogen functional groups attached to an aromatic ring is 1. The highest BCUT2D eigenvalue weighted by molar-refractivity contribution is 6.31. The van der Waals surface area contributed by atoms with Gasteiger partial charge in [0.25, 0.3) is 0 Å². The van der Waals surface area contributed by atoms with Gasteiger partial charge in [0.1, 0.15) is 0 Å². The standard InChI is InChI=1S/C13H21ClN2/c1-9-6-12(11(15)7-10(9)14)16(5)8-13(2,3)4/h6-7H,8,15H2,1-5H3. The van der Waals surface area contributed by atoms with Gasteiger partial charge >= 0.3 is 0 Å². The van der Waals surface area contributed by atoms with Gasteiger partial charge in [0.2, 0.25) is 0 Å². The van der Waals surface area contributed by atoms with Crippen molar-refractivity contribution in [2.75, 3.05) is 24.2 Å². The summed E-state index contributed by atoms with van der Waals surface area (Å²) in [5.74, 6) is 0. The van der Waals surface area contributed by atoms with Crippen molar-refractivity contribution in [3.8, 4) is 0 Å². The number of rotatable bonds is 2. The molecule has 2 nitrogen and oxygen atoms in total. The molecule has 0 amide bonds. The maximum absolute atomic E-state index is 6.03. The first-order valence-corrected chi connectivity index (χ1v) is 5.85. The lowest BCUT2D eigenvalue weighted by Gasteiger charge is -2.29. The van der Waals surface area contributed by atoms with E-state index in [-0.39, 0.29) is 5.41 Å². The molecule has 0 aliphatic heterocycles. The molecule has 0 spiro atoms. The first kappa shape index (κ1) is 13.2. The van der Waals surface area contributed by atoms with E-state index < -0.39 is 0 Å². The molecule has 0 saturated carbocycles. The topological polar surface area (TPSA) is 29.3 Å². The summed E-state index contributed by atoms with van der Waals surface area (Å²) >= 11 is 6.03. The zero-order chi connectivity index (χ0) is 12.5. The van der Waals surface area contributed by atoms with Gasteiger partial charge in [-0.15, -0.1) is 0 Å². The summed E-state index contributed by atoms with van der Waals surface area (Å²) in [4.78, 5) is 2.18. The normalized spacial score (nSPS) is 11.6. The predicted molar refractivity (Wildman–Crippen MR) is 73.3 cm³/mol. The van der Waals surface area contributed by atoms with Gasteiger partial charge in [-0.1, -0.05) is 32.4 Å². The molecular weight excluding hydrogens is 220 g/mol. The highest BCUT2D eigenvalue weighted by Crippen LogP contribution is 2.30. The molecular formula is C13H21ClN2. The van der Waals surface area contributed by atoms with E-state index >= 15 is 0 Å². The van der Waals surface area contributed by atoms with Crippen LogP contribution in [-0.4, -0.2) is 13.6 Å². The van der Waals surface area contributed by atoms with Crippen LogP contribution in [0.1, 0.15) is 26.3 Å². The van der Waals surface area contributed by atoms with Crippen LogP contribution in [0.4, 0.5) is 11.4 Å². The Hall–Kier alpha value is -0.890. The quantitative estimate of drug-likeness (QED) is 0.799. The first-order chi connectivity index (χ1) is 7.20. The second-order valence-corrected chi connectivity index (χ2v) is 5.98. The SMILES string of the molecule is Cc1cc(N(C)CC(C)(C)C)c(N)cc1Cl. The molecule has 0 aromatic heterocycles. The van der Waals surface area contributed by atoms with Crippen molar-refractivity contribution in [3.63, 3.8) is 0 Å². The smallest absolute Gasteiger partial charge is 0.0601 e. The fraction of sp³-hybridized carbons (Fsp3) is 0.538. The van der Waals surface area contributed by atoms with Gasteiger partial charge in [-0.3, -0.25) is 0 Å². The lowest BCUT2D eigenvalue weighted by Crippen LogP contribution is -2.29. The summed E-state index contributed by atoms with van der Waals surface area (Å²) in [5, 5.41) is 0.727. The molecule has 2 N–H and O–H groups in total. The summed E-state index contributed by atoms with van der Waals surface area (Å²) in [6.07, 6.45) is 0. The Balaban J connectivity index is 3.00. The van der Waals surface area contributed by atoms with Crippen LogP contribution in [0.2, 0.25) is 5.02 Å². The number of aryl methyl sites for hydroxylation is 1. The van der Waals surface area contributed by atoms with Crippen molar-refractivity contribution in [3.05, 3.63) is 22.7 Å². The summed E-state index contributed by atoms with van der Waals surface area (Å²) in [5.41, 5.74) is 9.08. The van der Waals surface area contributed by atoms with Crippen LogP contribution in [0.3, 0.4) is 0 Å². The minimum Gasteiger partial charge on any atom is -0.397 e. The highest BCUT2D eigenvalue weighted by atomic mass is 35.5. The third-order valence-corrected chi connectivity index (χ3v) is 2.84. The molecule has 0 unspecified atom stereocenters. The number of hydrogen-bond acceptors (Lipinski definition) is 2. The van der Waals surface area contributed by atoms with Crippen LogP contribution >= 0.6 is 11.6 Å². The Morgan fingerprint density at radius 3 is 2.38 bits per heavy atom. The number of halogens is 1. The third-order valence-electron chi connectivity index (χ3n) is 2.43. The van der Waals surface area contributed by atoms with E-state index in [1.165, 1.54) is 0 Å². The third kappa shape index (κ3) is 3.31. The molecule has 3 heteroatoms. The van der Waals surface area contributed by atoms with Gasteiger partial charge in [-0.05, 0) is 30.0 Å². The van der Waals surface area contributed by atoms with E-state index in [9.17, 15) is 0 Å². The first-order valence-electron chi connectivity index (χ1n) is 5.47. The number of benzene rings is 1. The molecule has 1 aromatic rings. The summed E-state index contributed by atoms with van der Waals surface area (Å²) in [6, 6.07) is 3.87. The zero-order valence-corrected chi connectivity index (χ0v) is 11.5. The van der Waals surface area contributed by atoms with E-state index in [4.69, 9.17) is 17.3 Å².